The summed E-state index contributed by atoms with van der Waals surface area (Å²) in [6, 6.07) is 0. The summed E-state index contributed by atoms with van der Waals surface area (Å²) in [5.74, 6) is 0.222. The molecule has 0 saturated carbocycles. The van der Waals surface area contributed by atoms with Gasteiger partial charge in [-0.1, -0.05) is 13.8 Å². The highest BCUT2D eigenvalue weighted by atomic mass is 16.5. The van der Waals surface area contributed by atoms with E-state index in [-0.39, 0.29) is 23.3 Å². The van der Waals surface area contributed by atoms with E-state index in [1.165, 1.54) is 0 Å². The normalized spacial score (nSPS) is 25.8. The second-order valence-corrected chi connectivity index (χ2v) is 5.64. The van der Waals surface area contributed by atoms with Crippen LogP contribution in [0.2, 0.25) is 0 Å². The van der Waals surface area contributed by atoms with Gasteiger partial charge in [0.2, 0.25) is 5.91 Å². The van der Waals surface area contributed by atoms with Crippen LogP contribution in [0.3, 0.4) is 0 Å². The van der Waals surface area contributed by atoms with E-state index in [1.807, 2.05) is 14.0 Å². The highest BCUT2D eigenvalue weighted by Gasteiger charge is 2.31. The van der Waals surface area contributed by atoms with E-state index in [2.05, 4.69) is 13.8 Å². The molecule has 2 N–H and O–H groups in total. The number of hydrogen-bond donors (Lipinski definition) is 1. The second-order valence-electron chi connectivity index (χ2n) is 5.64. The lowest BCUT2D eigenvalue weighted by Crippen LogP contribution is -2.42. The molecule has 0 aliphatic carbocycles. The lowest BCUT2D eigenvalue weighted by molar-refractivity contribution is -0.135. The monoisotopic (exact) mass is 228 g/mol. The van der Waals surface area contributed by atoms with Crippen molar-refractivity contribution in [2.75, 3.05) is 26.7 Å². The predicted molar refractivity (Wildman–Crippen MR) is 64.0 cm³/mol. The molecule has 0 aromatic heterocycles. The van der Waals surface area contributed by atoms with Crippen LogP contribution in [0.4, 0.5) is 0 Å². The van der Waals surface area contributed by atoms with Crippen LogP contribution in [0.25, 0.3) is 0 Å². The average molecular weight is 228 g/mol. The van der Waals surface area contributed by atoms with Gasteiger partial charge < -0.3 is 15.4 Å². The molecule has 0 bridgehead atoms. The van der Waals surface area contributed by atoms with E-state index in [1.54, 1.807) is 4.90 Å². The van der Waals surface area contributed by atoms with Crippen LogP contribution in [-0.4, -0.2) is 43.7 Å². The summed E-state index contributed by atoms with van der Waals surface area (Å²) in [6.07, 6.45) is 1.05. The molecule has 1 saturated heterocycles. The third kappa shape index (κ3) is 3.46. The van der Waals surface area contributed by atoms with Crippen molar-refractivity contribution in [2.24, 2.45) is 17.1 Å². The Morgan fingerprint density at radius 3 is 2.62 bits per heavy atom. The predicted octanol–water partition coefficient (Wildman–Crippen LogP) is 0.855. The van der Waals surface area contributed by atoms with Crippen molar-refractivity contribution in [3.63, 3.8) is 0 Å². The molecule has 1 aliphatic heterocycles. The average Bonchev–Trinajstić information content (AvgIpc) is 2.63. The van der Waals surface area contributed by atoms with Crippen molar-refractivity contribution in [2.45, 2.75) is 33.3 Å². The molecule has 94 valence electrons. The van der Waals surface area contributed by atoms with Crippen molar-refractivity contribution in [1.29, 1.82) is 0 Å². The quantitative estimate of drug-likeness (QED) is 0.776. The molecule has 1 heterocycles. The number of carbonyl (C=O) groups excluding carboxylic acids is 1. The van der Waals surface area contributed by atoms with Crippen LogP contribution in [0.5, 0.6) is 0 Å². The van der Waals surface area contributed by atoms with Crippen LogP contribution >= 0.6 is 0 Å². The van der Waals surface area contributed by atoms with Crippen LogP contribution < -0.4 is 5.73 Å². The zero-order valence-corrected chi connectivity index (χ0v) is 10.8. The summed E-state index contributed by atoms with van der Waals surface area (Å²) < 4.78 is 5.42. The molecule has 2 atom stereocenters. The maximum atomic E-state index is 12.1. The van der Waals surface area contributed by atoms with E-state index >= 15 is 0 Å². The molecule has 16 heavy (non-hydrogen) atoms. The maximum Gasteiger partial charge on any atom is 0.227 e. The SMILES string of the molecule is CC1CC(C(=O)N(C)CC(C)(C)CN)CO1. The molecule has 4 nitrogen and oxygen atoms in total. The van der Waals surface area contributed by atoms with E-state index in [9.17, 15) is 4.79 Å². The molecule has 0 aromatic carbocycles. The number of ether oxygens (including phenoxy) is 1. The highest BCUT2D eigenvalue weighted by Crippen LogP contribution is 2.22. The van der Waals surface area contributed by atoms with Crippen molar-refractivity contribution >= 4 is 5.91 Å². The Morgan fingerprint density at radius 2 is 2.19 bits per heavy atom. The molecular formula is C12H24N2O2. The summed E-state index contributed by atoms with van der Waals surface area (Å²) in [4.78, 5) is 13.9. The molecular weight excluding hydrogens is 204 g/mol. The summed E-state index contributed by atoms with van der Waals surface area (Å²) in [7, 11) is 1.85. The van der Waals surface area contributed by atoms with Gasteiger partial charge in [-0.3, -0.25) is 4.79 Å². The Morgan fingerprint density at radius 1 is 1.56 bits per heavy atom. The first-order valence-corrected chi connectivity index (χ1v) is 5.92. The number of rotatable bonds is 4. The first-order chi connectivity index (χ1) is 7.35. The molecule has 2 unspecified atom stereocenters. The summed E-state index contributed by atoms with van der Waals surface area (Å²) >= 11 is 0. The minimum atomic E-state index is -0.0184. The minimum absolute atomic E-state index is 0.0184. The van der Waals surface area contributed by atoms with E-state index in [4.69, 9.17) is 10.5 Å². The lowest BCUT2D eigenvalue weighted by atomic mass is 9.92. The van der Waals surface area contributed by atoms with E-state index < -0.39 is 0 Å². The molecule has 1 aliphatic rings. The number of nitrogens with two attached hydrogens (primary N) is 1. The number of carbonyl (C=O) groups is 1. The van der Waals surface area contributed by atoms with Gasteiger partial charge in [0.15, 0.2) is 0 Å². The van der Waals surface area contributed by atoms with E-state index in [0.717, 1.165) is 6.42 Å². The fourth-order valence-electron chi connectivity index (χ4n) is 2.09. The van der Waals surface area contributed by atoms with E-state index in [0.29, 0.717) is 19.7 Å². The van der Waals surface area contributed by atoms with Crippen molar-refractivity contribution in [3.8, 4) is 0 Å². The van der Waals surface area contributed by atoms with Gasteiger partial charge in [-0.15, -0.1) is 0 Å². The topological polar surface area (TPSA) is 55.6 Å². The summed E-state index contributed by atoms with van der Waals surface area (Å²) in [5, 5.41) is 0. The van der Waals surface area contributed by atoms with Crippen molar-refractivity contribution in [3.05, 3.63) is 0 Å². The van der Waals surface area contributed by atoms with Gasteiger partial charge in [0, 0.05) is 13.6 Å². The van der Waals surface area contributed by atoms with Crippen LogP contribution in [0.15, 0.2) is 0 Å². The Hall–Kier alpha value is -0.610. The standard InChI is InChI=1S/C12H24N2O2/c1-9-5-10(6-16-9)11(15)14(4)8-12(2,3)7-13/h9-10H,5-8,13H2,1-4H3. The summed E-state index contributed by atoms with van der Waals surface area (Å²) in [5.41, 5.74) is 5.65. The van der Waals surface area contributed by atoms with Gasteiger partial charge in [0.1, 0.15) is 0 Å². The number of hydrogen-bond acceptors (Lipinski definition) is 3. The van der Waals surface area contributed by atoms with Gasteiger partial charge in [-0.25, -0.2) is 0 Å². The third-order valence-electron chi connectivity index (χ3n) is 3.14. The molecule has 0 aromatic rings. The molecule has 0 radical (unpaired) electrons. The molecule has 1 rings (SSSR count). The van der Waals surface area contributed by atoms with Gasteiger partial charge in [-0.2, -0.15) is 0 Å². The summed E-state index contributed by atoms with van der Waals surface area (Å²) in [6.45, 7) is 8.01. The zero-order chi connectivity index (χ0) is 12.3. The van der Waals surface area contributed by atoms with Gasteiger partial charge in [0.25, 0.3) is 0 Å². The third-order valence-corrected chi connectivity index (χ3v) is 3.14. The Labute approximate surface area is 98.1 Å². The highest BCUT2D eigenvalue weighted by molar-refractivity contribution is 5.79. The number of amides is 1. The van der Waals surface area contributed by atoms with Crippen molar-refractivity contribution < 1.29 is 9.53 Å². The smallest absolute Gasteiger partial charge is 0.227 e. The number of nitrogens with zero attached hydrogens (tertiary/aromatic N) is 1. The Kier molecular flexibility index (Phi) is 4.33. The minimum Gasteiger partial charge on any atom is -0.378 e. The van der Waals surface area contributed by atoms with Gasteiger partial charge in [0.05, 0.1) is 18.6 Å². The largest absolute Gasteiger partial charge is 0.378 e. The van der Waals surface area contributed by atoms with Crippen LogP contribution in [0.1, 0.15) is 27.2 Å². The van der Waals surface area contributed by atoms with Crippen LogP contribution in [0, 0.1) is 11.3 Å². The van der Waals surface area contributed by atoms with Gasteiger partial charge >= 0.3 is 0 Å². The fraction of sp³-hybridized carbons (Fsp3) is 0.917. The zero-order valence-electron chi connectivity index (χ0n) is 10.8. The van der Waals surface area contributed by atoms with Gasteiger partial charge in [-0.05, 0) is 25.3 Å². The maximum absolute atomic E-state index is 12.1. The lowest BCUT2D eigenvalue weighted by Gasteiger charge is -2.30. The van der Waals surface area contributed by atoms with Crippen LogP contribution in [-0.2, 0) is 9.53 Å². The first kappa shape index (κ1) is 13.5. The molecule has 0 spiro atoms. The first-order valence-electron chi connectivity index (χ1n) is 5.92. The second kappa shape index (κ2) is 5.15. The fourth-order valence-corrected chi connectivity index (χ4v) is 2.09. The molecule has 1 amide bonds. The molecule has 4 heteroatoms. The van der Waals surface area contributed by atoms with Crippen molar-refractivity contribution in [1.82, 2.24) is 4.90 Å². The molecule has 1 fully saturated rings. The Bertz CT molecular complexity index is 253. The Balaban J connectivity index is 2.48.